The first-order valence-electron chi connectivity index (χ1n) is 17.0. The van der Waals surface area contributed by atoms with E-state index in [1.165, 1.54) is 18.1 Å². The van der Waals surface area contributed by atoms with Crippen molar-refractivity contribution in [2.24, 2.45) is 0 Å². The monoisotopic (exact) mass is 746 g/mol. The van der Waals surface area contributed by atoms with Gasteiger partial charge in [-0.1, -0.05) is 52.2 Å². The molecule has 0 heterocycles. The van der Waals surface area contributed by atoms with Gasteiger partial charge in [-0.15, -0.1) is 0 Å². The Labute approximate surface area is 302 Å². The van der Waals surface area contributed by atoms with Crippen LogP contribution in [-0.2, 0) is 43.0 Å². The van der Waals surface area contributed by atoms with E-state index in [-0.39, 0.29) is 31.7 Å². The van der Waals surface area contributed by atoms with Crippen molar-refractivity contribution in [3.8, 4) is 0 Å². The summed E-state index contributed by atoms with van der Waals surface area (Å²) in [4.78, 5) is 46.0. The van der Waals surface area contributed by atoms with Crippen molar-refractivity contribution in [2.45, 2.75) is 132 Å². The molecule has 0 aromatic rings. The zero-order chi connectivity index (χ0) is 39.6. The maximum atomic E-state index is 12.6. The molecule has 51 heavy (non-hydrogen) atoms. The average molecular weight is 747 g/mol. The van der Waals surface area contributed by atoms with Crippen LogP contribution in [0.2, 0.25) is 0 Å². The van der Waals surface area contributed by atoms with Crippen LogP contribution in [0, 0.1) is 0 Å². The van der Waals surface area contributed by atoms with E-state index in [2.05, 4.69) is 41.8 Å². The number of carbonyl (C=O) groups excluding carboxylic acids is 4. The number of carbonyl (C=O) groups is 4. The molecule has 0 saturated carbocycles. The number of hydrogen-bond acceptors (Lipinski definition) is 9. The average Bonchev–Trinajstić information content (AvgIpc) is 2.96. The van der Waals surface area contributed by atoms with Gasteiger partial charge in [0, 0.05) is 12.5 Å². The Morgan fingerprint density at radius 3 is 1.33 bits per heavy atom. The Balaban J connectivity index is 0. The highest BCUT2D eigenvalue weighted by atomic mass is 32.2. The number of alkyl halides is 3. The highest BCUT2D eigenvalue weighted by Crippen LogP contribution is 2.28. The van der Waals surface area contributed by atoms with Crippen molar-refractivity contribution in [3.05, 3.63) is 70.1 Å². The molecule has 0 unspecified atom stereocenters. The molecule has 9 nitrogen and oxygen atoms in total. The van der Waals surface area contributed by atoms with Crippen LogP contribution >= 0.6 is 0 Å². The summed E-state index contributed by atoms with van der Waals surface area (Å²) in [5.74, 6) is -3.11. The van der Waals surface area contributed by atoms with Crippen LogP contribution in [0.3, 0.4) is 0 Å². The lowest BCUT2D eigenvalue weighted by atomic mass is 10.1. The molecule has 13 heteroatoms. The van der Waals surface area contributed by atoms with Crippen molar-refractivity contribution < 1.29 is 54.4 Å². The zero-order valence-corrected chi connectivity index (χ0v) is 32.5. The zero-order valence-electron chi connectivity index (χ0n) is 31.7. The minimum Gasteiger partial charge on any atom is -0.466 e. The second-order valence-electron chi connectivity index (χ2n) is 12.3. The standard InChI is InChI=1S/C19H27F3O6S.C19H30O3/c1-5-27-18(24)13-16(23)12-17(28-29(25,26)19(20,21)22)11-7-10-15(4)9-6-8-14(2)3;1-6-22-19(21)14-18(20)13-17(5)12-8-11-16(4)10-7-9-15(2)3/h8,10,12H,5-7,9,11,13H2,1-4H3;9,11,13H,6-8,10,12,14H2,1-5H3/b15-10+,17-12-;16-11+,17-13+. The van der Waals surface area contributed by atoms with E-state index in [1.807, 2.05) is 33.8 Å². The summed E-state index contributed by atoms with van der Waals surface area (Å²) in [7, 11) is -5.92. The van der Waals surface area contributed by atoms with Gasteiger partial charge in [-0.05, 0) is 113 Å². The summed E-state index contributed by atoms with van der Waals surface area (Å²) in [6, 6.07) is 0. The van der Waals surface area contributed by atoms with E-state index in [0.29, 0.717) is 12.7 Å². The van der Waals surface area contributed by atoms with Gasteiger partial charge in [0.15, 0.2) is 11.6 Å². The molecular formula is C38H57F3O9S. The van der Waals surface area contributed by atoms with Crippen LogP contribution in [0.4, 0.5) is 13.2 Å². The van der Waals surface area contributed by atoms with Gasteiger partial charge in [-0.2, -0.15) is 21.6 Å². The van der Waals surface area contributed by atoms with Gasteiger partial charge in [0.25, 0.3) is 0 Å². The first kappa shape index (κ1) is 49.4. The Kier molecular flexibility index (Phi) is 26.1. The molecular weight excluding hydrogens is 689 g/mol. The summed E-state index contributed by atoms with van der Waals surface area (Å²) in [6.45, 7) is 17.6. The second kappa shape index (κ2) is 27.0. The molecule has 0 rings (SSSR count). The van der Waals surface area contributed by atoms with Crippen molar-refractivity contribution in [2.75, 3.05) is 13.2 Å². The van der Waals surface area contributed by atoms with Crippen molar-refractivity contribution in [3.63, 3.8) is 0 Å². The lowest BCUT2D eigenvalue weighted by Gasteiger charge is -2.12. The molecule has 290 valence electrons. The summed E-state index contributed by atoms with van der Waals surface area (Å²) < 4.78 is 73.7. The number of rotatable bonds is 22. The smallest absolute Gasteiger partial charge is 0.466 e. The molecule has 0 radical (unpaired) electrons. The molecule has 0 aliphatic carbocycles. The van der Waals surface area contributed by atoms with Crippen molar-refractivity contribution in [1.82, 2.24) is 0 Å². The highest BCUT2D eigenvalue weighted by Gasteiger charge is 2.48. The SMILES string of the molecule is CCOC(=O)CC(=O)/C=C(/CC/C=C(\C)CCC=C(C)C)OS(=O)(=O)C(F)(F)F.CCOC(=O)CC(=O)/C=C(\C)CC/C=C(\C)CCC=C(C)C. The highest BCUT2D eigenvalue weighted by molar-refractivity contribution is 7.87. The van der Waals surface area contributed by atoms with Crippen LogP contribution in [0.25, 0.3) is 0 Å². The fourth-order valence-electron chi connectivity index (χ4n) is 4.05. The van der Waals surface area contributed by atoms with E-state index in [0.717, 1.165) is 55.2 Å². The van der Waals surface area contributed by atoms with Crippen LogP contribution in [-0.4, -0.2) is 50.6 Å². The maximum Gasteiger partial charge on any atom is 0.534 e. The summed E-state index contributed by atoms with van der Waals surface area (Å²) in [5.41, 5.74) is 0.219. The van der Waals surface area contributed by atoms with E-state index in [4.69, 9.17) is 4.74 Å². The number of allylic oxidation sites excluding steroid dienone is 12. The van der Waals surface area contributed by atoms with Crippen LogP contribution < -0.4 is 0 Å². The Morgan fingerprint density at radius 1 is 0.569 bits per heavy atom. The molecule has 0 aromatic heterocycles. The molecule has 0 aliphatic heterocycles. The molecule has 0 spiro atoms. The largest absolute Gasteiger partial charge is 0.534 e. The fourth-order valence-corrected chi connectivity index (χ4v) is 4.56. The van der Waals surface area contributed by atoms with E-state index in [1.54, 1.807) is 19.1 Å². The third kappa shape index (κ3) is 28.6. The van der Waals surface area contributed by atoms with Gasteiger partial charge in [0.1, 0.15) is 18.6 Å². The summed E-state index contributed by atoms with van der Waals surface area (Å²) in [6.07, 6.45) is 14.8. The number of halogens is 3. The Hall–Kier alpha value is -3.74. The number of ketones is 2. The predicted octanol–water partition coefficient (Wildman–Crippen LogP) is 9.66. The van der Waals surface area contributed by atoms with Crippen molar-refractivity contribution in [1.29, 1.82) is 0 Å². The van der Waals surface area contributed by atoms with Gasteiger partial charge < -0.3 is 13.7 Å². The van der Waals surface area contributed by atoms with Gasteiger partial charge in [0.2, 0.25) is 0 Å². The summed E-state index contributed by atoms with van der Waals surface area (Å²) >= 11 is 0. The van der Waals surface area contributed by atoms with E-state index < -0.39 is 45.5 Å². The van der Waals surface area contributed by atoms with Gasteiger partial charge in [0.05, 0.1) is 13.2 Å². The lowest BCUT2D eigenvalue weighted by Crippen LogP contribution is -2.25. The van der Waals surface area contributed by atoms with E-state index in [9.17, 15) is 40.8 Å². The molecule has 0 aromatic carbocycles. The number of esters is 2. The van der Waals surface area contributed by atoms with Gasteiger partial charge >= 0.3 is 27.6 Å². The molecule has 0 N–H and O–H groups in total. The van der Waals surface area contributed by atoms with E-state index >= 15 is 0 Å². The van der Waals surface area contributed by atoms with Crippen molar-refractivity contribution >= 4 is 33.6 Å². The third-order valence-electron chi connectivity index (χ3n) is 6.57. The topological polar surface area (TPSA) is 130 Å². The Morgan fingerprint density at radius 2 is 0.941 bits per heavy atom. The quantitative estimate of drug-likeness (QED) is 0.0202. The third-order valence-corrected chi connectivity index (χ3v) is 7.58. The first-order valence-corrected chi connectivity index (χ1v) is 18.4. The van der Waals surface area contributed by atoms with Gasteiger partial charge in [-0.25, -0.2) is 0 Å². The lowest BCUT2D eigenvalue weighted by molar-refractivity contribution is -0.146. The first-order chi connectivity index (χ1) is 23.6. The predicted molar refractivity (Wildman–Crippen MR) is 194 cm³/mol. The molecule has 0 bridgehead atoms. The van der Waals surface area contributed by atoms with Crippen LogP contribution in [0.5, 0.6) is 0 Å². The normalized spacial score (nSPS) is 12.6. The minimum atomic E-state index is -5.92. The molecule has 0 fully saturated rings. The molecule has 0 aliphatic rings. The van der Waals surface area contributed by atoms with Gasteiger partial charge in [-0.3, -0.25) is 19.2 Å². The maximum absolute atomic E-state index is 12.6. The Bertz CT molecular complexity index is 1420. The fraction of sp³-hybridized carbons (Fsp3) is 0.579. The molecule has 0 atom stereocenters. The number of hydrogen-bond donors (Lipinski definition) is 0. The summed E-state index contributed by atoms with van der Waals surface area (Å²) in [5, 5.41) is 0. The minimum absolute atomic E-state index is 0.0262. The second-order valence-corrected chi connectivity index (χ2v) is 13.8. The van der Waals surface area contributed by atoms with Crippen LogP contribution in [0.1, 0.15) is 127 Å². The number of ether oxygens (including phenoxy) is 2. The molecule has 0 amide bonds. The molecule has 0 saturated heterocycles. The van der Waals surface area contributed by atoms with Crippen LogP contribution in [0.15, 0.2) is 70.1 Å².